The molecule has 1 unspecified atom stereocenters. The van der Waals surface area contributed by atoms with Gasteiger partial charge in [0, 0.05) is 6.20 Å². The fraction of sp³-hybridized carbons (Fsp3) is 0.273. The Balaban J connectivity index is 2.27. The van der Waals surface area contributed by atoms with Gasteiger partial charge in [0.2, 0.25) is 11.8 Å². The lowest BCUT2D eigenvalue weighted by Gasteiger charge is -2.31. The first-order chi connectivity index (χ1) is 8.49. The lowest BCUT2D eigenvalue weighted by Crippen LogP contribution is -2.58. The van der Waals surface area contributed by atoms with E-state index in [4.69, 9.17) is 0 Å². The number of carbonyl (C=O) groups is 3. The fourth-order valence-electron chi connectivity index (χ4n) is 1.66. The predicted molar refractivity (Wildman–Crippen MR) is 57.8 cm³/mol. The molecule has 0 saturated carbocycles. The van der Waals surface area contributed by atoms with Crippen LogP contribution in [0.5, 0.6) is 0 Å². The highest BCUT2D eigenvalue weighted by molar-refractivity contribution is 6.06. The van der Waals surface area contributed by atoms with E-state index in [0.29, 0.717) is 0 Å². The SMILES string of the molecule is CC1C(=O)NC(=O)CN1C(=O)c1cncc(F)c1. The lowest BCUT2D eigenvalue weighted by molar-refractivity contribution is -0.138. The molecule has 18 heavy (non-hydrogen) atoms. The van der Waals surface area contributed by atoms with Gasteiger partial charge in [-0.3, -0.25) is 24.7 Å². The molecule has 1 saturated heterocycles. The van der Waals surface area contributed by atoms with Crippen LogP contribution in [-0.4, -0.2) is 40.2 Å². The lowest BCUT2D eigenvalue weighted by atomic mass is 10.1. The Labute approximate surface area is 102 Å². The summed E-state index contributed by atoms with van der Waals surface area (Å²) < 4.78 is 13.0. The zero-order valence-corrected chi connectivity index (χ0v) is 9.51. The Morgan fingerprint density at radius 2 is 2.22 bits per heavy atom. The van der Waals surface area contributed by atoms with Crippen LogP contribution in [0.25, 0.3) is 0 Å². The van der Waals surface area contributed by atoms with E-state index in [1.165, 1.54) is 13.1 Å². The summed E-state index contributed by atoms with van der Waals surface area (Å²) in [6, 6.07) is 0.234. The second kappa shape index (κ2) is 4.52. The van der Waals surface area contributed by atoms with Crippen molar-refractivity contribution in [2.45, 2.75) is 13.0 Å². The number of rotatable bonds is 1. The summed E-state index contributed by atoms with van der Waals surface area (Å²) >= 11 is 0. The van der Waals surface area contributed by atoms with E-state index in [2.05, 4.69) is 10.3 Å². The fourth-order valence-corrected chi connectivity index (χ4v) is 1.66. The van der Waals surface area contributed by atoms with Crippen LogP contribution in [0.3, 0.4) is 0 Å². The van der Waals surface area contributed by atoms with Crippen LogP contribution >= 0.6 is 0 Å². The molecular formula is C11H10FN3O3. The third-order valence-electron chi connectivity index (χ3n) is 2.64. The van der Waals surface area contributed by atoms with E-state index < -0.39 is 29.6 Å². The van der Waals surface area contributed by atoms with Crippen LogP contribution in [0.15, 0.2) is 18.5 Å². The third kappa shape index (κ3) is 2.20. The van der Waals surface area contributed by atoms with Crippen molar-refractivity contribution in [3.63, 3.8) is 0 Å². The van der Waals surface area contributed by atoms with Crippen molar-refractivity contribution in [3.05, 3.63) is 29.8 Å². The molecular weight excluding hydrogens is 241 g/mol. The second-order valence-corrected chi connectivity index (χ2v) is 3.91. The van der Waals surface area contributed by atoms with Gasteiger partial charge in [0.25, 0.3) is 5.91 Å². The van der Waals surface area contributed by atoms with Crippen LogP contribution in [-0.2, 0) is 9.59 Å². The summed E-state index contributed by atoms with van der Waals surface area (Å²) in [6.45, 7) is 1.26. The maximum absolute atomic E-state index is 13.0. The van der Waals surface area contributed by atoms with E-state index in [0.717, 1.165) is 17.2 Å². The molecule has 1 aromatic rings. The molecule has 1 aromatic heterocycles. The second-order valence-electron chi connectivity index (χ2n) is 3.91. The van der Waals surface area contributed by atoms with Gasteiger partial charge in [0.1, 0.15) is 18.4 Å². The molecule has 2 heterocycles. The van der Waals surface area contributed by atoms with Crippen molar-refractivity contribution in [1.82, 2.24) is 15.2 Å². The van der Waals surface area contributed by atoms with Crippen molar-refractivity contribution in [2.75, 3.05) is 6.54 Å². The first-order valence-corrected chi connectivity index (χ1v) is 5.24. The number of hydrogen-bond donors (Lipinski definition) is 1. The van der Waals surface area contributed by atoms with E-state index >= 15 is 0 Å². The molecule has 0 aliphatic carbocycles. The van der Waals surface area contributed by atoms with E-state index in [1.54, 1.807) is 0 Å². The highest BCUT2D eigenvalue weighted by atomic mass is 19.1. The highest BCUT2D eigenvalue weighted by Crippen LogP contribution is 2.11. The van der Waals surface area contributed by atoms with Gasteiger partial charge in [0.15, 0.2) is 0 Å². The van der Waals surface area contributed by atoms with E-state index in [1.807, 2.05) is 0 Å². The molecule has 1 atom stereocenters. The zero-order valence-electron chi connectivity index (χ0n) is 9.51. The number of hydrogen-bond acceptors (Lipinski definition) is 4. The first-order valence-electron chi connectivity index (χ1n) is 5.24. The number of halogens is 1. The zero-order chi connectivity index (χ0) is 13.3. The summed E-state index contributed by atoms with van der Waals surface area (Å²) in [5, 5.41) is 2.12. The number of carbonyl (C=O) groups excluding carboxylic acids is 3. The van der Waals surface area contributed by atoms with Crippen molar-refractivity contribution < 1.29 is 18.8 Å². The van der Waals surface area contributed by atoms with Gasteiger partial charge in [-0.1, -0.05) is 0 Å². The number of aromatic nitrogens is 1. The maximum atomic E-state index is 13.0. The van der Waals surface area contributed by atoms with Crippen LogP contribution in [0.4, 0.5) is 4.39 Å². The average Bonchev–Trinajstić information content (AvgIpc) is 2.33. The van der Waals surface area contributed by atoms with Crippen molar-refractivity contribution in [2.24, 2.45) is 0 Å². The van der Waals surface area contributed by atoms with Crippen molar-refractivity contribution >= 4 is 17.7 Å². The normalized spacial score (nSPS) is 19.7. The van der Waals surface area contributed by atoms with Gasteiger partial charge in [0.05, 0.1) is 11.8 Å². The molecule has 2 rings (SSSR count). The Kier molecular flexibility index (Phi) is 3.05. The van der Waals surface area contributed by atoms with Crippen LogP contribution < -0.4 is 5.32 Å². The Hall–Kier alpha value is -2.31. The average molecular weight is 251 g/mol. The maximum Gasteiger partial charge on any atom is 0.256 e. The van der Waals surface area contributed by atoms with E-state index in [-0.39, 0.29) is 12.1 Å². The molecule has 0 aromatic carbocycles. The molecule has 1 aliphatic heterocycles. The Morgan fingerprint density at radius 3 is 2.89 bits per heavy atom. The monoisotopic (exact) mass is 251 g/mol. The van der Waals surface area contributed by atoms with Crippen LogP contribution in [0.2, 0.25) is 0 Å². The third-order valence-corrected chi connectivity index (χ3v) is 2.64. The Morgan fingerprint density at radius 1 is 1.50 bits per heavy atom. The minimum Gasteiger partial charge on any atom is -0.318 e. The van der Waals surface area contributed by atoms with Gasteiger partial charge >= 0.3 is 0 Å². The summed E-state index contributed by atoms with van der Waals surface area (Å²) in [4.78, 5) is 39.3. The van der Waals surface area contributed by atoms with Gasteiger partial charge in [-0.05, 0) is 13.0 Å². The predicted octanol–water partition coefficient (Wildman–Crippen LogP) is -0.292. The standard InChI is InChI=1S/C11H10FN3O3/c1-6-10(17)14-9(16)5-15(6)11(18)7-2-8(12)4-13-3-7/h2-4,6H,5H2,1H3,(H,14,16,17). The molecule has 1 fully saturated rings. The molecule has 0 bridgehead atoms. The number of imide groups is 1. The molecule has 0 spiro atoms. The molecule has 6 nitrogen and oxygen atoms in total. The summed E-state index contributed by atoms with van der Waals surface area (Å²) in [5.41, 5.74) is 0.00403. The van der Waals surface area contributed by atoms with Crippen LogP contribution in [0, 0.1) is 5.82 Å². The van der Waals surface area contributed by atoms with E-state index in [9.17, 15) is 18.8 Å². The quantitative estimate of drug-likeness (QED) is 0.695. The number of nitrogens with zero attached hydrogens (tertiary/aromatic N) is 2. The highest BCUT2D eigenvalue weighted by Gasteiger charge is 2.34. The largest absolute Gasteiger partial charge is 0.318 e. The van der Waals surface area contributed by atoms with Gasteiger partial charge in [-0.2, -0.15) is 0 Å². The minimum absolute atomic E-state index is 0.00403. The van der Waals surface area contributed by atoms with Crippen molar-refractivity contribution in [1.29, 1.82) is 0 Å². The van der Waals surface area contributed by atoms with Gasteiger partial charge in [-0.15, -0.1) is 0 Å². The van der Waals surface area contributed by atoms with Crippen LogP contribution in [0.1, 0.15) is 17.3 Å². The number of piperazine rings is 1. The molecule has 3 amide bonds. The van der Waals surface area contributed by atoms with Gasteiger partial charge < -0.3 is 4.90 Å². The summed E-state index contributed by atoms with van der Waals surface area (Å²) in [7, 11) is 0. The first kappa shape index (κ1) is 12.2. The smallest absolute Gasteiger partial charge is 0.256 e. The van der Waals surface area contributed by atoms with Gasteiger partial charge in [-0.25, -0.2) is 4.39 Å². The molecule has 0 radical (unpaired) electrons. The molecule has 1 aliphatic rings. The minimum atomic E-state index is -0.779. The molecule has 94 valence electrons. The van der Waals surface area contributed by atoms with Crippen molar-refractivity contribution in [3.8, 4) is 0 Å². The Bertz CT molecular complexity index is 532. The summed E-state index contributed by atoms with van der Waals surface area (Å²) in [5.74, 6) is -2.36. The number of pyridine rings is 1. The molecule has 1 N–H and O–H groups in total. The summed E-state index contributed by atoms with van der Waals surface area (Å²) in [6.07, 6.45) is 2.16. The topological polar surface area (TPSA) is 79.4 Å². The number of amides is 3. The number of nitrogens with one attached hydrogen (secondary N) is 1. The molecule has 7 heteroatoms.